The molecule has 1 heteroatoms. The summed E-state index contributed by atoms with van der Waals surface area (Å²) in [5.41, 5.74) is 7.36. The summed E-state index contributed by atoms with van der Waals surface area (Å²) in [5, 5.41) is 18.3. The number of methoxy groups -OCH3 is 1. The van der Waals surface area contributed by atoms with Crippen molar-refractivity contribution in [3.63, 3.8) is 0 Å². The SMILES string of the molecule is COc1ccccc1-c1ccc2c3c(-c4ccccc4)c4c(cc5c6ccccc6c6cccc4c65)c(-c4ccccc4)c3c3cccc1c32. The first-order valence-corrected chi connectivity index (χ1v) is 17.3. The van der Waals surface area contributed by atoms with Crippen molar-refractivity contribution in [2.45, 2.75) is 0 Å². The maximum absolute atomic E-state index is 5.89. The van der Waals surface area contributed by atoms with Gasteiger partial charge < -0.3 is 4.74 Å². The second kappa shape index (κ2) is 10.3. The molecule has 0 bridgehead atoms. The summed E-state index contributed by atoms with van der Waals surface area (Å²) in [6, 6.07) is 60.3. The van der Waals surface area contributed by atoms with Crippen LogP contribution in [0.25, 0.3) is 109 Å². The van der Waals surface area contributed by atoms with E-state index >= 15 is 0 Å². The number of hydrogen-bond acceptors (Lipinski definition) is 1. The van der Waals surface area contributed by atoms with Gasteiger partial charge in [0.15, 0.2) is 0 Å². The summed E-state index contributed by atoms with van der Waals surface area (Å²) in [5.74, 6) is 0.883. The average Bonchev–Trinajstić information content (AvgIpc) is 3.69. The van der Waals surface area contributed by atoms with Gasteiger partial charge in [0.05, 0.1) is 7.11 Å². The van der Waals surface area contributed by atoms with Crippen LogP contribution in [0, 0.1) is 0 Å². The van der Waals surface area contributed by atoms with E-state index in [9.17, 15) is 0 Å². The molecule has 0 saturated heterocycles. The Morgan fingerprint density at radius 1 is 0.300 bits per heavy atom. The smallest absolute Gasteiger partial charge is 0.126 e. The predicted molar refractivity (Wildman–Crippen MR) is 214 cm³/mol. The lowest BCUT2D eigenvalue weighted by atomic mass is 9.84. The Morgan fingerprint density at radius 2 is 0.820 bits per heavy atom. The van der Waals surface area contributed by atoms with Gasteiger partial charge in [0.2, 0.25) is 0 Å². The van der Waals surface area contributed by atoms with Crippen molar-refractivity contribution in [1.29, 1.82) is 0 Å². The van der Waals surface area contributed by atoms with Gasteiger partial charge in [-0.1, -0.05) is 152 Å². The van der Waals surface area contributed by atoms with Crippen molar-refractivity contribution in [2.24, 2.45) is 0 Å². The van der Waals surface area contributed by atoms with Gasteiger partial charge in [-0.25, -0.2) is 0 Å². The highest BCUT2D eigenvalue weighted by atomic mass is 16.5. The van der Waals surface area contributed by atoms with E-state index in [1.165, 1.54) is 103 Å². The van der Waals surface area contributed by atoms with E-state index in [1.54, 1.807) is 7.11 Å². The minimum absolute atomic E-state index is 0.883. The summed E-state index contributed by atoms with van der Waals surface area (Å²) in [4.78, 5) is 0. The summed E-state index contributed by atoms with van der Waals surface area (Å²) < 4.78 is 5.89. The summed E-state index contributed by atoms with van der Waals surface area (Å²) in [7, 11) is 1.76. The molecule has 232 valence electrons. The van der Waals surface area contributed by atoms with Crippen LogP contribution in [0.1, 0.15) is 0 Å². The van der Waals surface area contributed by atoms with Crippen LogP contribution >= 0.6 is 0 Å². The molecular formula is C49H30O. The molecule has 0 aliphatic heterocycles. The fourth-order valence-corrected chi connectivity index (χ4v) is 9.11. The third-order valence-corrected chi connectivity index (χ3v) is 11.0. The first-order valence-electron chi connectivity index (χ1n) is 17.3. The maximum atomic E-state index is 5.89. The van der Waals surface area contributed by atoms with E-state index in [-0.39, 0.29) is 0 Å². The van der Waals surface area contributed by atoms with Gasteiger partial charge in [-0.3, -0.25) is 0 Å². The maximum Gasteiger partial charge on any atom is 0.126 e. The fourth-order valence-electron chi connectivity index (χ4n) is 9.11. The van der Waals surface area contributed by atoms with Crippen molar-refractivity contribution in [3.05, 3.63) is 164 Å². The van der Waals surface area contributed by atoms with Crippen LogP contribution in [0.5, 0.6) is 5.75 Å². The first kappa shape index (κ1) is 27.5. The molecule has 0 unspecified atom stereocenters. The van der Waals surface area contributed by atoms with Crippen LogP contribution in [0.2, 0.25) is 0 Å². The average molecular weight is 635 g/mol. The Kier molecular flexibility index (Phi) is 5.66. The van der Waals surface area contributed by atoms with Gasteiger partial charge in [0.1, 0.15) is 5.75 Å². The molecule has 50 heavy (non-hydrogen) atoms. The Bertz CT molecular complexity index is 3100. The number of hydrogen-bond donors (Lipinski definition) is 0. The van der Waals surface area contributed by atoms with E-state index < -0.39 is 0 Å². The van der Waals surface area contributed by atoms with Gasteiger partial charge >= 0.3 is 0 Å². The third kappa shape index (κ3) is 3.56. The van der Waals surface area contributed by atoms with Gasteiger partial charge in [-0.15, -0.1) is 0 Å². The van der Waals surface area contributed by atoms with Crippen molar-refractivity contribution < 1.29 is 4.74 Å². The lowest BCUT2D eigenvalue weighted by Gasteiger charge is -2.19. The van der Waals surface area contributed by atoms with Gasteiger partial charge in [0, 0.05) is 5.56 Å². The highest BCUT2D eigenvalue weighted by Crippen LogP contribution is 2.55. The minimum atomic E-state index is 0.883. The number of ether oxygens (including phenoxy) is 1. The second-order valence-corrected chi connectivity index (χ2v) is 13.4. The number of para-hydroxylation sites is 1. The van der Waals surface area contributed by atoms with Crippen LogP contribution in [-0.2, 0) is 0 Å². The molecule has 0 spiro atoms. The molecule has 0 N–H and O–H groups in total. The third-order valence-electron chi connectivity index (χ3n) is 11.0. The summed E-state index contributed by atoms with van der Waals surface area (Å²) in [6.07, 6.45) is 0. The molecule has 0 aromatic heterocycles. The van der Waals surface area contributed by atoms with Crippen molar-refractivity contribution in [3.8, 4) is 39.1 Å². The van der Waals surface area contributed by atoms with E-state index in [2.05, 4.69) is 158 Å². The lowest BCUT2D eigenvalue weighted by Crippen LogP contribution is -1.91. The van der Waals surface area contributed by atoms with Crippen molar-refractivity contribution >= 4 is 75.4 Å². The number of rotatable bonds is 4. The standard InChI is InChI=1S/C49H30O/c1-50-42-25-11-10-20-34(42)33-26-27-39-45-36(33)22-13-24-38(45)48-43(29-14-4-2-5-15-29)41-28-40-32-19-9-8-18-31(32)35-21-12-23-37(46(35)40)47(41)44(49(39)48)30-16-6-3-7-17-30/h2-28H,1H3. The second-order valence-electron chi connectivity index (χ2n) is 13.4. The summed E-state index contributed by atoms with van der Waals surface area (Å²) in [6.45, 7) is 0. The zero-order valence-corrected chi connectivity index (χ0v) is 27.5. The first-order chi connectivity index (χ1) is 24.8. The highest BCUT2D eigenvalue weighted by molar-refractivity contribution is 6.45. The van der Waals surface area contributed by atoms with Gasteiger partial charge in [0.25, 0.3) is 0 Å². The molecule has 0 amide bonds. The van der Waals surface area contributed by atoms with Crippen LogP contribution < -0.4 is 4.74 Å². The minimum Gasteiger partial charge on any atom is -0.496 e. The largest absolute Gasteiger partial charge is 0.496 e. The number of benzene rings is 9. The molecule has 0 atom stereocenters. The summed E-state index contributed by atoms with van der Waals surface area (Å²) >= 11 is 0. The van der Waals surface area contributed by atoms with Crippen LogP contribution in [0.3, 0.4) is 0 Å². The molecule has 0 heterocycles. The zero-order chi connectivity index (χ0) is 32.9. The van der Waals surface area contributed by atoms with E-state index in [0.717, 1.165) is 11.3 Å². The molecular weight excluding hydrogens is 605 g/mol. The van der Waals surface area contributed by atoms with E-state index in [0.29, 0.717) is 0 Å². The molecule has 11 aromatic carbocycles. The molecule has 0 saturated carbocycles. The molecule has 0 aliphatic rings. The van der Waals surface area contributed by atoms with Crippen LogP contribution in [0.4, 0.5) is 0 Å². The van der Waals surface area contributed by atoms with Crippen LogP contribution in [0.15, 0.2) is 164 Å². The van der Waals surface area contributed by atoms with E-state index in [4.69, 9.17) is 4.74 Å². The molecule has 1 nitrogen and oxygen atoms in total. The van der Waals surface area contributed by atoms with Crippen molar-refractivity contribution in [1.82, 2.24) is 0 Å². The normalized spacial score (nSPS) is 12.1. The molecule has 0 aliphatic carbocycles. The lowest BCUT2D eigenvalue weighted by molar-refractivity contribution is 0.416. The topological polar surface area (TPSA) is 9.23 Å². The molecule has 11 aromatic rings. The quantitative estimate of drug-likeness (QED) is 0.175. The van der Waals surface area contributed by atoms with Gasteiger partial charge in [-0.2, -0.15) is 0 Å². The Balaban J connectivity index is 1.45. The molecule has 0 radical (unpaired) electrons. The Labute approximate surface area is 289 Å². The highest BCUT2D eigenvalue weighted by Gasteiger charge is 2.27. The van der Waals surface area contributed by atoms with Crippen molar-refractivity contribution in [2.75, 3.05) is 7.11 Å². The fraction of sp³-hybridized carbons (Fsp3) is 0.0204. The van der Waals surface area contributed by atoms with Crippen LogP contribution in [-0.4, -0.2) is 7.11 Å². The number of fused-ring (bicyclic) bond motifs is 8. The van der Waals surface area contributed by atoms with Gasteiger partial charge in [-0.05, 0) is 115 Å². The Hall–Kier alpha value is -6.44. The van der Waals surface area contributed by atoms with E-state index in [1.807, 2.05) is 6.07 Å². The molecule has 0 fully saturated rings. The monoisotopic (exact) mass is 634 g/mol. The Morgan fingerprint density at radius 3 is 1.56 bits per heavy atom. The molecule has 11 rings (SSSR count). The zero-order valence-electron chi connectivity index (χ0n) is 27.5. The predicted octanol–water partition coefficient (Wildman–Crippen LogP) is 13.6.